The molecule has 1 spiro atoms. The van der Waals surface area contributed by atoms with Crippen molar-refractivity contribution in [1.29, 1.82) is 0 Å². The Balaban J connectivity index is 1.55. The molecule has 3 aliphatic rings. The van der Waals surface area contributed by atoms with Crippen molar-refractivity contribution in [2.24, 2.45) is 0 Å². The number of hydrogen-bond donors (Lipinski definition) is 0. The topological polar surface area (TPSA) is 48.0 Å². The summed E-state index contributed by atoms with van der Waals surface area (Å²) < 4.78 is 18.7. The van der Waals surface area contributed by atoms with Crippen LogP contribution in [0.1, 0.15) is 16.0 Å². The van der Waals surface area contributed by atoms with E-state index >= 15 is 0 Å². The molecule has 6 rings (SSSR count). The van der Waals surface area contributed by atoms with Crippen LogP contribution in [0.3, 0.4) is 0 Å². The van der Waals surface area contributed by atoms with Crippen molar-refractivity contribution in [2.45, 2.75) is 12.0 Å². The minimum absolute atomic E-state index is 0.0125. The summed E-state index contributed by atoms with van der Waals surface area (Å²) in [6.07, 6.45) is 0. The Labute approximate surface area is 183 Å². The maximum atomic E-state index is 13.9. The zero-order chi connectivity index (χ0) is 19.8. The van der Waals surface area contributed by atoms with Crippen LogP contribution in [0.25, 0.3) is 0 Å². The molecule has 146 valence electrons. The molecule has 29 heavy (non-hydrogen) atoms. The Kier molecular flexibility index (Phi) is 3.73. The maximum absolute atomic E-state index is 13.9. The molecule has 5 nitrogen and oxygen atoms in total. The van der Waals surface area contributed by atoms with Crippen LogP contribution in [-0.2, 0) is 16.8 Å². The zero-order valence-electron chi connectivity index (χ0n) is 14.9. The van der Waals surface area contributed by atoms with Gasteiger partial charge in [-0.1, -0.05) is 33.6 Å². The van der Waals surface area contributed by atoms with Gasteiger partial charge in [0.2, 0.25) is 12.7 Å². The Morgan fingerprint density at radius 2 is 1.93 bits per heavy atom. The number of amides is 1. The highest BCUT2D eigenvalue weighted by molar-refractivity contribution is 9.10. The molecular weight excluding hydrogens is 478 g/mol. The number of hydrogen-bond acceptors (Lipinski definition) is 5. The third kappa shape index (κ3) is 2.35. The summed E-state index contributed by atoms with van der Waals surface area (Å²) in [6, 6.07) is 13.4. The number of carbonyl (C=O) groups is 1. The molecule has 2 aromatic carbocycles. The summed E-state index contributed by atoms with van der Waals surface area (Å²) in [5.74, 6) is 1.93. The third-order valence-corrected chi connectivity index (χ3v) is 7.52. The number of carbonyl (C=O) groups excluding carboxylic acids is 1. The molecule has 0 aliphatic carbocycles. The maximum Gasteiger partial charge on any atom is 0.246 e. The molecule has 0 saturated heterocycles. The van der Waals surface area contributed by atoms with Gasteiger partial charge in [-0.2, -0.15) is 0 Å². The molecule has 3 aliphatic heterocycles. The van der Waals surface area contributed by atoms with Gasteiger partial charge in [0.1, 0.15) is 17.8 Å². The molecule has 1 amide bonds. The summed E-state index contributed by atoms with van der Waals surface area (Å²) in [6.45, 7) is 0.868. The van der Waals surface area contributed by atoms with Gasteiger partial charge in [0, 0.05) is 32.2 Å². The number of anilines is 1. The predicted molar refractivity (Wildman–Crippen MR) is 114 cm³/mol. The van der Waals surface area contributed by atoms with E-state index in [4.69, 9.17) is 25.8 Å². The molecule has 1 aromatic heterocycles. The molecule has 0 N–H and O–H groups in total. The Bertz CT molecular complexity index is 1200. The van der Waals surface area contributed by atoms with Gasteiger partial charge in [-0.25, -0.2) is 0 Å². The van der Waals surface area contributed by atoms with Crippen LogP contribution in [0.5, 0.6) is 17.2 Å². The van der Waals surface area contributed by atoms with E-state index < -0.39 is 5.41 Å². The van der Waals surface area contributed by atoms with Gasteiger partial charge in [-0.05, 0) is 30.3 Å². The fourth-order valence-electron chi connectivity index (χ4n) is 4.38. The van der Waals surface area contributed by atoms with Gasteiger partial charge in [-0.15, -0.1) is 11.3 Å². The molecule has 1 atom stereocenters. The van der Waals surface area contributed by atoms with E-state index in [9.17, 15) is 4.79 Å². The Morgan fingerprint density at radius 3 is 2.72 bits per heavy atom. The van der Waals surface area contributed by atoms with Crippen molar-refractivity contribution < 1.29 is 19.0 Å². The fraction of sp³-hybridized carbons (Fsp3) is 0.190. The largest absolute Gasteiger partial charge is 0.491 e. The number of nitrogens with zero attached hydrogens (tertiary/aromatic N) is 1. The van der Waals surface area contributed by atoms with E-state index in [0.717, 1.165) is 26.2 Å². The fourth-order valence-corrected chi connectivity index (χ4v) is 6.15. The summed E-state index contributed by atoms with van der Waals surface area (Å²) in [4.78, 5) is 16.8. The summed E-state index contributed by atoms with van der Waals surface area (Å²) in [7, 11) is 0. The highest BCUT2D eigenvalue weighted by Crippen LogP contribution is 2.57. The predicted octanol–water partition coefficient (Wildman–Crippen LogP) is 5.12. The first-order valence-electron chi connectivity index (χ1n) is 9.00. The first kappa shape index (κ1) is 17.6. The van der Waals surface area contributed by atoms with E-state index in [1.807, 2.05) is 47.4 Å². The van der Waals surface area contributed by atoms with Crippen LogP contribution in [0.4, 0.5) is 5.69 Å². The minimum Gasteiger partial charge on any atom is -0.491 e. The summed E-state index contributed by atoms with van der Waals surface area (Å²) >= 11 is 11.3. The van der Waals surface area contributed by atoms with Gasteiger partial charge in [0.05, 0.1) is 10.9 Å². The lowest BCUT2D eigenvalue weighted by Gasteiger charge is -2.23. The minimum atomic E-state index is -0.924. The van der Waals surface area contributed by atoms with Gasteiger partial charge in [0.25, 0.3) is 0 Å². The van der Waals surface area contributed by atoms with Gasteiger partial charge in [-0.3, -0.25) is 4.79 Å². The average molecular weight is 491 g/mol. The lowest BCUT2D eigenvalue weighted by Crippen LogP contribution is -2.42. The number of thiophene rings is 1. The molecular formula is C21H13BrClNO4S. The smallest absolute Gasteiger partial charge is 0.246 e. The first-order valence-corrected chi connectivity index (χ1v) is 11.0. The second kappa shape index (κ2) is 6.14. The van der Waals surface area contributed by atoms with Gasteiger partial charge < -0.3 is 19.1 Å². The molecule has 8 heteroatoms. The summed E-state index contributed by atoms with van der Waals surface area (Å²) in [5.41, 5.74) is 1.69. The molecule has 4 heterocycles. The average Bonchev–Trinajstić information content (AvgIpc) is 3.46. The Morgan fingerprint density at radius 1 is 1.10 bits per heavy atom. The highest BCUT2D eigenvalue weighted by Gasteiger charge is 2.58. The van der Waals surface area contributed by atoms with Crippen molar-refractivity contribution in [2.75, 3.05) is 18.3 Å². The standard InChI is InChI=1S/C21H13BrClNO4S/c22-13-2-1-3-14-19(13)21(20(25)24(14)8-11-4-5-18(23)29-11)9-26-15-7-17-16(6-12(15)21)27-10-28-17/h1-7H,8-10H2. The second-order valence-corrected chi connectivity index (χ2v) is 9.78. The summed E-state index contributed by atoms with van der Waals surface area (Å²) in [5, 5.41) is 0. The monoisotopic (exact) mass is 489 g/mol. The molecule has 0 bridgehead atoms. The number of fused-ring (bicyclic) bond motifs is 5. The van der Waals surface area contributed by atoms with Crippen molar-refractivity contribution in [1.82, 2.24) is 0 Å². The Hall–Kier alpha value is -2.22. The molecule has 3 aromatic rings. The molecule has 0 saturated carbocycles. The van der Waals surface area contributed by atoms with E-state index in [-0.39, 0.29) is 19.3 Å². The van der Waals surface area contributed by atoms with Crippen molar-refractivity contribution in [3.05, 3.63) is 67.3 Å². The number of rotatable bonds is 2. The van der Waals surface area contributed by atoms with Crippen LogP contribution < -0.4 is 19.1 Å². The number of benzene rings is 2. The number of halogens is 2. The van der Waals surface area contributed by atoms with E-state index in [0.29, 0.717) is 28.1 Å². The van der Waals surface area contributed by atoms with E-state index in [1.54, 1.807) is 0 Å². The van der Waals surface area contributed by atoms with Crippen LogP contribution in [0, 0.1) is 0 Å². The van der Waals surface area contributed by atoms with Crippen LogP contribution in [0.15, 0.2) is 46.9 Å². The quantitative estimate of drug-likeness (QED) is 0.500. The van der Waals surface area contributed by atoms with Gasteiger partial charge in [0.15, 0.2) is 11.5 Å². The second-order valence-electron chi connectivity index (χ2n) is 7.13. The lowest BCUT2D eigenvalue weighted by molar-refractivity contribution is -0.122. The van der Waals surface area contributed by atoms with E-state index in [2.05, 4.69) is 15.9 Å². The van der Waals surface area contributed by atoms with E-state index in [1.165, 1.54) is 11.3 Å². The third-order valence-electron chi connectivity index (χ3n) is 5.64. The van der Waals surface area contributed by atoms with Crippen LogP contribution in [-0.4, -0.2) is 19.3 Å². The normalized spacial score (nSPS) is 20.9. The highest BCUT2D eigenvalue weighted by atomic mass is 79.9. The molecule has 0 radical (unpaired) electrons. The van der Waals surface area contributed by atoms with Crippen molar-refractivity contribution in [3.63, 3.8) is 0 Å². The van der Waals surface area contributed by atoms with Crippen LogP contribution >= 0.6 is 38.9 Å². The molecule has 1 unspecified atom stereocenters. The van der Waals surface area contributed by atoms with Crippen molar-refractivity contribution in [3.8, 4) is 17.2 Å². The van der Waals surface area contributed by atoms with Crippen LogP contribution in [0.2, 0.25) is 4.34 Å². The first-order chi connectivity index (χ1) is 14.1. The van der Waals surface area contributed by atoms with Crippen molar-refractivity contribution >= 4 is 50.5 Å². The van der Waals surface area contributed by atoms with Gasteiger partial charge >= 0.3 is 0 Å². The molecule has 0 fully saturated rings. The lowest BCUT2D eigenvalue weighted by atomic mass is 9.77. The zero-order valence-corrected chi connectivity index (χ0v) is 18.1. The SMILES string of the molecule is O=C1N(Cc2ccc(Cl)s2)c2cccc(Br)c2C12COc1cc3c(cc12)OCO3. The number of ether oxygens (including phenoxy) is 3.